The average Bonchev–Trinajstić information content (AvgIpc) is 1.81. The number of ether oxygens (including phenoxy) is 6. The number of nitrogens with zero attached hydrogens (tertiary/aromatic N) is 4. The van der Waals surface area contributed by atoms with Crippen LogP contribution in [0.3, 0.4) is 0 Å². The van der Waals surface area contributed by atoms with E-state index >= 15 is 0 Å². The molecule has 2 fully saturated rings. The van der Waals surface area contributed by atoms with E-state index < -0.39 is 109 Å². The highest BCUT2D eigenvalue weighted by Gasteiger charge is 2.47. The first kappa shape index (κ1) is 62.9. The second-order valence-corrected chi connectivity index (χ2v) is 20.4. The molecule has 4 heterocycles. The van der Waals surface area contributed by atoms with Crippen LogP contribution in [0.1, 0.15) is 89.6 Å². The Hall–Kier alpha value is -10.1. The lowest BCUT2D eigenvalue weighted by atomic mass is 10.1. The smallest absolute Gasteiger partial charge is 0.416 e. The number of hydrogen-bond acceptors (Lipinski definition) is 18. The third-order valence-corrected chi connectivity index (χ3v) is 14.7. The Bertz CT molecular complexity index is 3060. The number of carboxylic acids is 4. The van der Waals surface area contributed by atoms with Crippen LogP contribution >= 0.6 is 0 Å². The highest BCUT2D eigenvalue weighted by atomic mass is 16.6. The van der Waals surface area contributed by atoms with Crippen LogP contribution < -0.4 is 50.0 Å². The van der Waals surface area contributed by atoms with Gasteiger partial charge < -0.3 is 90.1 Å². The molecule has 464 valence electrons. The van der Waals surface area contributed by atoms with E-state index in [1.54, 1.807) is 0 Å². The number of methoxy groups -OCH3 is 2. The van der Waals surface area contributed by atoms with Crippen LogP contribution in [0.4, 0.5) is 41.9 Å². The Morgan fingerprint density at radius 2 is 0.931 bits per heavy atom. The molecule has 0 aromatic heterocycles. The molecule has 0 bridgehead atoms. The summed E-state index contributed by atoms with van der Waals surface area (Å²) in [7, 11) is 2.71. The summed E-state index contributed by atoms with van der Waals surface area (Å²) in [5, 5.41) is 69.6. The van der Waals surface area contributed by atoms with Crippen molar-refractivity contribution in [2.75, 3.05) is 61.0 Å². The van der Waals surface area contributed by atoms with Gasteiger partial charge in [0.1, 0.15) is 25.3 Å². The Labute approximate surface area is 495 Å². The second kappa shape index (κ2) is 28.2. The van der Waals surface area contributed by atoms with Gasteiger partial charge in [0.2, 0.25) is 0 Å². The number of fused-ring (bicyclic) bond motifs is 4. The van der Waals surface area contributed by atoms with Crippen molar-refractivity contribution in [1.82, 2.24) is 20.4 Å². The Balaban J connectivity index is 0.927. The number of carbonyl (C=O) groups is 10. The zero-order chi connectivity index (χ0) is 62.6. The quantitative estimate of drug-likeness (QED) is 0.0429. The Morgan fingerprint density at radius 1 is 0.552 bits per heavy atom. The summed E-state index contributed by atoms with van der Waals surface area (Å²) in [6.07, 6.45) is -4.82. The molecule has 4 aromatic carbocycles. The molecule has 4 aliphatic rings. The van der Waals surface area contributed by atoms with Crippen LogP contribution in [0.25, 0.3) is 0 Å². The molecule has 0 unspecified atom stereocenters. The maximum atomic E-state index is 14.1. The van der Waals surface area contributed by atoms with Crippen LogP contribution in [-0.2, 0) is 41.9 Å². The maximum Gasteiger partial charge on any atom is 0.416 e. The summed E-state index contributed by atoms with van der Waals surface area (Å²) >= 11 is 0. The lowest BCUT2D eigenvalue weighted by Gasteiger charge is -2.31. The minimum Gasteiger partial charge on any atom is -0.493 e. The first-order chi connectivity index (χ1) is 41.6. The van der Waals surface area contributed by atoms with Gasteiger partial charge in [0.25, 0.3) is 11.8 Å². The predicted octanol–water partition coefficient (Wildman–Crippen LogP) is 4.59. The molecule has 8 amide bonds. The van der Waals surface area contributed by atoms with Crippen molar-refractivity contribution in [3.63, 3.8) is 0 Å². The molecule has 6 atom stereocenters. The molecule has 87 heavy (non-hydrogen) atoms. The lowest BCUT2D eigenvalue weighted by Crippen LogP contribution is -2.50. The number of urea groups is 2. The highest BCUT2D eigenvalue weighted by molar-refractivity contribution is 6.07. The molecule has 4 aromatic rings. The van der Waals surface area contributed by atoms with Crippen molar-refractivity contribution in [2.45, 2.75) is 108 Å². The number of aliphatic hydroxyl groups is 2. The van der Waals surface area contributed by atoms with E-state index in [4.69, 9.17) is 38.6 Å². The van der Waals surface area contributed by atoms with Crippen molar-refractivity contribution < 1.29 is 107 Å². The van der Waals surface area contributed by atoms with Crippen molar-refractivity contribution >= 4 is 82.7 Å². The van der Waals surface area contributed by atoms with Gasteiger partial charge in [-0.2, -0.15) is 0 Å². The van der Waals surface area contributed by atoms with E-state index in [0.717, 1.165) is 9.80 Å². The number of carbonyl (C=O) groups excluding carboxylic acids is 6. The van der Waals surface area contributed by atoms with Gasteiger partial charge in [-0.15, -0.1) is 0 Å². The summed E-state index contributed by atoms with van der Waals surface area (Å²) in [5.74, 6) is -5.86. The standard InChI is InChI=1S/C57H64N8O22/c1-82-42-24-34-40(64(50(72)38-6-3-20-62(38)48(34)70)56(80)86-28-30-8-12-32(13-9-30)58-54(78)60-36(52(74)75)16-18-46(66)67)26-44(42)84-22-5-23-85-45-27-41-35(25-43(45)83-2)49(71)63-21-4-7-39(63)51(73)65(41)57(81)87-29-31-10-14-33(15-11-31)59-55(79)61-37(53(76)77)17-19-47(68)69/h8-15,24-27,36-39,50-51,72-73H,3-7,16-23,28-29H2,1-2H3,(H,66,67)(H,68,69)(H,74,75)(H,76,77)(H2,58,60,78)(H2,59,61,79)/t36-,37-,38-,39-,50-,51-/m0/s1. The zero-order valence-corrected chi connectivity index (χ0v) is 47.0. The number of hydrogen-bond donors (Lipinski definition) is 10. The summed E-state index contributed by atoms with van der Waals surface area (Å²) in [5.41, 5.74) is 1.28. The fourth-order valence-electron chi connectivity index (χ4n) is 10.4. The Kier molecular flexibility index (Phi) is 20.4. The molecule has 4 aliphatic heterocycles. The highest BCUT2D eigenvalue weighted by Crippen LogP contribution is 2.43. The third-order valence-electron chi connectivity index (χ3n) is 14.7. The van der Waals surface area contributed by atoms with Crippen molar-refractivity contribution in [3.8, 4) is 23.0 Å². The van der Waals surface area contributed by atoms with Gasteiger partial charge in [0, 0.05) is 55.9 Å². The summed E-state index contributed by atoms with van der Waals surface area (Å²) in [4.78, 5) is 131. The number of carboxylic acid groups (broad SMARTS) is 4. The van der Waals surface area contributed by atoms with Crippen LogP contribution in [0.5, 0.6) is 23.0 Å². The fourth-order valence-corrected chi connectivity index (χ4v) is 10.4. The molecule has 30 nitrogen and oxygen atoms in total. The molecule has 0 saturated carbocycles. The second-order valence-electron chi connectivity index (χ2n) is 20.4. The van der Waals surface area contributed by atoms with Gasteiger partial charge >= 0.3 is 48.1 Å². The summed E-state index contributed by atoms with van der Waals surface area (Å²) in [6, 6.07) is 11.1. The van der Waals surface area contributed by atoms with Crippen LogP contribution in [0.2, 0.25) is 0 Å². The summed E-state index contributed by atoms with van der Waals surface area (Å²) < 4.78 is 35.0. The number of nitrogens with one attached hydrogen (secondary N) is 4. The SMILES string of the molecule is COc1cc2c(cc1OCCCOc1cc3c(cc1OC)C(=O)N1CCC[C@H]1[C@H](O)N3C(=O)OCc1ccc(NC(=O)N[C@@H](CCC(=O)O)C(=O)O)cc1)N(C(=O)OCc1ccc(NC(=O)N[C@@H](CCC(=O)O)C(=O)O)cc1)[C@@H](O)[C@@H]1CCCN1C2=O. The number of aliphatic carboxylic acids is 4. The van der Waals surface area contributed by atoms with E-state index in [-0.39, 0.29) is 103 Å². The zero-order valence-electron chi connectivity index (χ0n) is 47.0. The van der Waals surface area contributed by atoms with Crippen LogP contribution in [-0.4, -0.2) is 178 Å². The summed E-state index contributed by atoms with van der Waals surface area (Å²) in [6.45, 7) is -0.195. The van der Waals surface area contributed by atoms with Gasteiger partial charge in [-0.1, -0.05) is 24.3 Å². The Morgan fingerprint density at radius 3 is 1.28 bits per heavy atom. The molecule has 0 aliphatic carbocycles. The largest absolute Gasteiger partial charge is 0.493 e. The van der Waals surface area contributed by atoms with Gasteiger partial charge in [-0.05, 0) is 86.1 Å². The fraction of sp³-hybridized carbons (Fsp3) is 0.404. The number of anilines is 4. The molecule has 30 heteroatoms. The first-order valence-corrected chi connectivity index (χ1v) is 27.5. The normalized spacial score (nSPS) is 18.2. The van der Waals surface area contributed by atoms with Gasteiger partial charge in [-0.25, -0.2) is 38.6 Å². The molecular weight excluding hydrogens is 1150 g/mol. The van der Waals surface area contributed by atoms with E-state index in [0.29, 0.717) is 49.9 Å². The van der Waals surface area contributed by atoms with Crippen LogP contribution in [0.15, 0.2) is 72.8 Å². The minimum atomic E-state index is -1.56. The molecule has 2 saturated heterocycles. The number of benzene rings is 4. The number of aliphatic hydroxyl groups excluding tert-OH is 2. The van der Waals surface area contributed by atoms with Gasteiger partial charge in [0.15, 0.2) is 35.5 Å². The average molecular weight is 1210 g/mol. The molecule has 0 spiro atoms. The van der Waals surface area contributed by atoms with Crippen molar-refractivity contribution in [3.05, 3.63) is 95.1 Å². The minimum absolute atomic E-state index is 0.0146. The van der Waals surface area contributed by atoms with Crippen LogP contribution in [0, 0.1) is 0 Å². The lowest BCUT2D eigenvalue weighted by molar-refractivity contribution is -0.142. The van der Waals surface area contributed by atoms with E-state index in [9.17, 15) is 68.4 Å². The van der Waals surface area contributed by atoms with E-state index in [2.05, 4.69) is 21.3 Å². The molecule has 0 radical (unpaired) electrons. The third kappa shape index (κ3) is 15.1. The van der Waals surface area contributed by atoms with E-state index in [1.165, 1.54) is 96.8 Å². The van der Waals surface area contributed by atoms with Crippen molar-refractivity contribution in [1.29, 1.82) is 0 Å². The topological polar surface area (TPSA) is 409 Å². The van der Waals surface area contributed by atoms with Gasteiger partial charge in [0.05, 0.1) is 62.0 Å². The predicted molar refractivity (Wildman–Crippen MR) is 301 cm³/mol. The molecule has 8 rings (SSSR count). The van der Waals surface area contributed by atoms with Crippen molar-refractivity contribution in [2.24, 2.45) is 0 Å². The number of amides is 8. The molecule has 10 N–H and O–H groups in total. The monoisotopic (exact) mass is 1210 g/mol. The van der Waals surface area contributed by atoms with Gasteiger partial charge in [-0.3, -0.25) is 19.2 Å². The first-order valence-electron chi connectivity index (χ1n) is 27.5. The molecular formula is C57H64N8O22. The van der Waals surface area contributed by atoms with E-state index in [1.807, 2.05) is 0 Å². The maximum absolute atomic E-state index is 14.1. The number of rotatable bonds is 24.